The zero-order valence-corrected chi connectivity index (χ0v) is 18.6. The molecule has 0 bridgehead atoms. The van der Waals surface area contributed by atoms with Crippen molar-refractivity contribution in [3.63, 3.8) is 0 Å². The molecule has 0 aromatic heterocycles. The van der Waals surface area contributed by atoms with Gasteiger partial charge in [-0.1, -0.05) is 17.8 Å². The van der Waals surface area contributed by atoms with Crippen LogP contribution in [0.25, 0.3) is 0 Å². The molecule has 3 heterocycles. The SMILES string of the molecule is CN1CCC(C2Nc3cc(B4OC(C)(C)C(C)(C)O4)ccc3S2)CC1(C)C. The lowest BCUT2D eigenvalue weighted by Gasteiger charge is -2.45. The summed E-state index contributed by atoms with van der Waals surface area (Å²) in [5.74, 6) is 0.689. The summed E-state index contributed by atoms with van der Waals surface area (Å²) in [5, 5.41) is 4.26. The van der Waals surface area contributed by atoms with Crippen molar-refractivity contribution in [1.82, 2.24) is 4.90 Å². The number of nitrogens with one attached hydrogen (secondary N) is 1. The number of nitrogens with zero attached hydrogens (tertiary/aromatic N) is 1. The van der Waals surface area contributed by atoms with Gasteiger partial charge in [-0.3, -0.25) is 0 Å². The van der Waals surface area contributed by atoms with Gasteiger partial charge in [0.2, 0.25) is 0 Å². The summed E-state index contributed by atoms with van der Waals surface area (Å²) in [6.45, 7) is 14.3. The average molecular weight is 388 g/mol. The summed E-state index contributed by atoms with van der Waals surface area (Å²) in [4.78, 5) is 3.84. The molecule has 4 nitrogen and oxygen atoms in total. The van der Waals surface area contributed by atoms with E-state index >= 15 is 0 Å². The zero-order valence-electron chi connectivity index (χ0n) is 17.8. The normalized spacial score (nSPS) is 31.6. The summed E-state index contributed by atoms with van der Waals surface area (Å²) < 4.78 is 12.5. The van der Waals surface area contributed by atoms with E-state index in [0.717, 1.165) is 5.46 Å². The highest BCUT2D eigenvalue weighted by Crippen LogP contribution is 2.45. The smallest absolute Gasteiger partial charge is 0.399 e. The lowest BCUT2D eigenvalue weighted by Crippen LogP contribution is -2.49. The standard InChI is InChI=1S/C21H33BN2O2S/c1-19(2)13-14(10-11-24(19)7)18-23-16-12-15(8-9-17(16)27-18)22-25-20(3,4)21(5,6)26-22/h8-9,12,14,18,23H,10-11,13H2,1-7H3. The highest BCUT2D eigenvalue weighted by atomic mass is 32.2. The van der Waals surface area contributed by atoms with Crippen LogP contribution < -0.4 is 10.8 Å². The third kappa shape index (κ3) is 3.43. The van der Waals surface area contributed by atoms with Gasteiger partial charge < -0.3 is 19.5 Å². The minimum atomic E-state index is -0.304. The maximum Gasteiger partial charge on any atom is 0.494 e. The van der Waals surface area contributed by atoms with Gasteiger partial charge in [0.15, 0.2) is 0 Å². The molecule has 0 radical (unpaired) electrons. The van der Waals surface area contributed by atoms with Crippen molar-refractivity contribution in [3.05, 3.63) is 18.2 Å². The van der Waals surface area contributed by atoms with E-state index < -0.39 is 0 Å². The quantitative estimate of drug-likeness (QED) is 0.776. The van der Waals surface area contributed by atoms with Gasteiger partial charge in [0, 0.05) is 16.1 Å². The molecule has 1 N–H and O–H groups in total. The second-order valence-corrected chi connectivity index (χ2v) is 11.2. The number of rotatable bonds is 2. The van der Waals surface area contributed by atoms with E-state index in [2.05, 4.69) is 77.0 Å². The third-order valence-electron chi connectivity index (χ3n) is 7.14. The van der Waals surface area contributed by atoms with E-state index in [0.29, 0.717) is 11.3 Å². The van der Waals surface area contributed by atoms with Crippen LogP contribution in [0.5, 0.6) is 0 Å². The molecule has 2 unspecified atom stereocenters. The van der Waals surface area contributed by atoms with E-state index in [-0.39, 0.29) is 23.9 Å². The fourth-order valence-corrected chi connectivity index (χ4v) is 5.52. The Morgan fingerprint density at radius 1 is 1.11 bits per heavy atom. The van der Waals surface area contributed by atoms with Crippen LogP contribution in [0.2, 0.25) is 0 Å². The van der Waals surface area contributed by atoms with Gasteiger partial charge in [0.05, 0.1) is 16.6 Å². The topological polar surface area (TPSA) is 33.7 Å². The summed E-state index contributed by atoms with van der Waals surface area (Å²) >= 11 is 1.98. The van der Waals surface area contributed by atoms with Crippen molar-refractivity contribution in [2.45, 2.75) is 81.4 Å². The number of anilines is 1. The number of benzene rings is 1. The van der Waals surface area contributed by atoms with Crippen molar-refractivity contribution in [3.8, 4) is 0 Å². The molecule has 0 amide bonds. The van der Waals surface area contributed by atoms with Gasteiger partial charge in [-0.05, 0) is 91.5 Å². The van der Waals surface area contributed by atoms with Crippen molar-refractivity contribution in [2.24, 2.45) is 5.92 Å². The minimum absolute atomic E-state index is 0.272. The van der Waals surface area contributed by atoms with E-state index in [4.69, 9.17) is 9.31 Å². The lowest BCUT2D eigenvalue weighted by molar-refractivity contribution is 0.00578. The molecule has 0 saturated carbocycles. The molecule has 1 aromatic carbocycles. The Morgan fingerprint density at radius 2 is 1.78 bits per heavy atom. The molecule has 2 saturated heterocycles. The number of hydrogen-bond donors (Lipinski definition) is 1. The molecule has 0 aliphatic carbocycles. The predicted octanol–water partition coefficient (Wildman–Crippen LogP) is 3.95. The van der Waals surface area contributed by atoms with Crippen molar-refractivity contribution in [1.29, 1.82) is 0 Å². The molecule has 4 rings (SSSR count). The molecule has 2 fully saturated rings. The molecule has 27 heavy (non-hydrogen) atoms. The molecular formula is C21H33BN2O2S. The number of fused-ring (bicyclic) bond motifs is 1. The van der Waals surface area contributed by atoms with E-state index in [1.54, 1.807) is 0 Å². The Hall–Kier alpha value is -0.685. The van der Waals surface area contributed by atoms with Crippen LogP contribution in [0, 0.1) is 5.92 Å². The van der Waals surface area contributed by atoms with Crippen LogP contribution >= 0.6 is 11.8 Å². The van der Waals surface area contributed by atoms with Crippen LogP contribution in [0.3, 0.4) is 0 Å². The number of likely N-dealkylation sites (tertiary alicyclic amines) is 1. The van der Waals surface area contributed by atoms with Crippen molar-refractivity contribution in [2.75, 3.05) is 18.9 Å². The van der Waals surface area contributed by atoms with Gasteiger partial charge in [-0.2, -0.15) is 0 Å². The summed E-state index contributed by atoms with van der Waals surface area (Å²) in [6.07, 6.45) is 2.48. The maximum atomic E-state index is 6.23. The zero-order chi connectivity index (χ0) is 19.6. The van der Waals surface area contributed by atoms with Crippen LogP contribution in [0.4, 0.5) is 5.69 Å². The van der Waals surface area contributed by atoms with E-state index in [1.807, 2.05) is 11.8 Å². The van der Waals surface area contributed by atoms with Gasteiger partial charge in [0.1, 0.15) is 0 Å². The largest absolute Gasteiger partial charge is 0.494 e. The predicted molar refractivity (Wildman–Crippen MR) is 115 cm³/mol. The van der Waals surface area contributed by atoms with Gasteiger partial charge in [-0.25, -0.2) is 0 Å². The minimum Gasteiger partial charge on any atom is -0.399 e. The number of thioether (sulfide) groups is 1. The monoisotopic (exact) mass is 388 g/mol. The van der Waals surface area contributed by atoms with Crippen LogP contribution in [-0.2, 0) is 9.31 Å². The number of piperidine rings is 1. The molecule has 0 spiro atoms. The first-order valence-electron chi connectivity index (χ1n) is 10.1. The molecular weight excluding hydrogens is 355 g/mol. The van der Waals surface area contributed by atoms with E-state index in [1.165, 1.54) is 30.0 Å². The fraction of sp³-hybridized carbons (Fsp3) is 0.714. The average Bonchev–Trinajstić information content (AvgIpc) is 3.07. The van der Waals surface area contributed by atoms with Gasteiger partial charge in [-0.15, -0.1) is 0 Å². The lowest BCUT2D eigenvalue weighted by atomic mass is 9.79. The van der Waals surface area contributed by atoms with Crippen LogP contribution in [-0.4, -0.2) is 47.7 Å². The summed E-state index contributed by atoms with van der Waals surface area (Å²) in [5.41, 5.74) is 1.99. The Morgan fingerprint density at radius 3 is 2.41 bits per heavy atom. The number of hydrogen-bond acceptors (Lipinski definition) is 5. The highest BCUT2D eigenvalue weighted by Gasteiger charge is 2.52. The van der Waals surface area contributed by atoms with Crippen molar-refractivity contribution < 1.29 is 9.31 Å². The second-order valence-electron chi connectivity index (χ2n) is 10.0. The highest BCUT2D eigenvalue weighted by molar-refractivity contribution is 8.00. The van der Waals surface area contributed by atoms with Gasteiger partial charge in [0.25, 0.3) is 0 Å². The Bertz CT molecular complexity index is 721. The van der Waals surface area contributed by atoms with Crippen LogP contribution in [0.1, 0.15) is 54.4 Å². The summed E-state index contributed by atoms with van der Waals surface area (Å²) in [6, 6.07) is 6.62. The first-order chi connectivity index (χ1) is 12.5. The van der Waals surface area contributed by atoms with Gasteiger partial charge >= 0.3 is 7.12 Å². The first-order valence-corrected chi connectivity index (χ1v) is 11.0. The Balaban J connectivity index is 1.48. The summed E-state index contributed by atoms with van der Waals surface area (Å²) in [7, 11) is 1.95. The first kappa shape index (κ1) is 19.6. The molecule has 6 heteroatoms. The van der Waals surface area contributed by atoms with E-state index in [9.17, 15) is 0 Å². The van der Waals surface area contributed by atoms with Crippen LogP contribution in [0.15, 0.2) is 23.1 Å². The third-order valence-corrected chi connectivity index (χ3v) is 8.51. The molecule has 1 aromatic rings. The second kappa shape index (κ2) is 6.41. The molecule has 148 valence electrons. The maximum absolute atomic E-state index is 6.23. The molecule has 2 atom stereocenters. The van der Waals surface area contributed by atoms with Crippen molar-refractivity contribution >= 4 is 30.0 Å². The Kier molecular flexibility index (Phi) is 4.66. The molecule has 3 aliphatic rings. The molecule has 3 aliphatic heterocycles. The Labute approximate surface area is 168 Å². The fourth-order valence-electron chi connectivity index (χ4n) is 4.24.